The van der Waals surface area contributed by atoms with Crippen molar-refractivity contribution in [3.63, 3.8) is 0 Å². The summed E-state index contributed by atoms with van der Waals surface area (Å²) < 4.78 is 2.18. The van der Waals surface area contributed by atoms with E-state index < -0.39 is 6.04 Å². The number of hydrogen-bond acceptors (Lipinski definition) is 4. The minimum atomic E-state index is -0.600. The van der Waals surface area contributed by atoms with E-state index >= 15 is 0 Å². The lowest BCUT2D eigenvalue weighted by Gasteiger charge is -2.25. The SMILES string of the molecule is CCn1c(C2CCCN2C(=O)CNC(=O)[C@@H](N)C(C)C)nc2ccccc21. The third kappa shape index (κ3) is 3.83. The second-order valence-corrected chi connectivity index (χ2v) is 7.44. The molecule has 3 rings (SSSR count). The molecule has 1 aliphatic rings. The van der Waals surface area contributed by atoms with Gasteiger partial charge in [0.1, 0.15) is 5.82 Å². The molecule has 2 aromatic rings. The molecule has 1 saturated heterocycles. The molecule has 1 unspecified atom stereocenters. The first-order valence-corrected chi connectivity index (χ1v) is 9.72. The summed E-state index contributed by atoms with van der Waals surface area (Å²) in [6, 6.07) is 7.38. The monoisotopic (exact) mass is 371 g/mol. The second-order valence-electron chi connectivity index (χ2n) is 7.44. The number of likely N-dealkylation sites (tertiary alicyclic amines) is 1. The summed E-state index contributed by atoms with van der Waals surface area (Å²) in [6.07, 6.45) is 1.82. The molecule has 7 heteroatoms. The first-order valence-electron chi connectivity index (χ1n) is 9.72. The van der Waals surface area contributed by atoms with Crippen LogP contribution in [0.2, 0.25) is 0 Å². The van der Waals surface area contributed by atoms with Gasteiger partial charge in [0, 0.05) is 13.1 Å². The van der Waals surface area contributed by atoms with Gasteiger partial charge in [0.15, 0.2) is 0 Å². The van der Waals surface area contributed by atoms with Crippen molar-refractivity contribution in [3.05, 3.63) is 30.1 Å². The highest BCUT2D eigenvalue weighted by atomic mass is 16.2. The number of nitrogens with two attached hydrogens (primary N) is 1. The second kappa shape index (κ2) is 8.08. The third-order valence-electron chi connectivity index (χ3n) is 5.31. The number of nitrogens with zero attached hydrogens (tertiary/aromatic N) is 3. The topological polar surface area (TPSA) is 93.2 Å². The van der Waals surface area contributed by atoms with E-state index in [0.717, 1.165) is 36.2 Å². The summed E-state index contributed by atoms with van der Waals surface area (Å²) in [7, 11) is 0. The van der Waals surface area contributed by atoms with Crippen LogP contribution in [0.4, 0.5) is 0 Å². The smallest absolute Gasteiger partial charge is 0.242 e. The summed E-state index contributed by atoms with van der Waals surface area (Å²) in [5.41, 5.74) is 7.89. The van der Waals surface area contributed by atoms with Gasteiger partial charge in [0.25, 0.3) is 0 Å². The largest absolute Gasteiger partial charge is 0.346 e. The summed E-state index contributed by atoms with van der Waals surface area (Å²) in [5.74, 6) is 0.588. The molecule has 0 radical (unpaired) electrons. The molecule has 0 bridgehead atoms. The molecular weight excluding hydrogens is 342 g/mol. The van der Waals surface area contributed by atoms with E-state index in [9.17, 15) is 9.59 Å². The van der Waals surface area contributed by atoms with Gasteiger partial charge in [-0.3, -0.25) is 9.59 Å². The van der Waals surface area contributed by atoms with Crippen LogP contribution in [0.25, 0.3) is 11.0 Å². The predicted octanol–water partition coefficient (Wildman–Crippen LogP) is 1.82. The molecule has 1 fully saturated rings. The van der Waals surface area contributed by atoms with Crippen LogP contribution < -0.4 is 11.1 Å². The van der Waals surface area contributed by atoms with E-state index in [1.54, 1.807) is 0 Å². The van der Waals surface area contributed by atoms with Crippen molar-refractivity contribution in [3.8, 4) is 0 Å². The van der Waals surface area contributed by atoms with Gasteiger partial charge in [-0.1, -0.05) is 26.0 Å². The van der Waals surface area contributed by atoms with Crippen LogP contribution in [0.15, 0.2) is 24.3 Å². The molecule has 7 nitrogen and oxygen atoms in total. The number of hydrogen-bond donors (Lipinski definition) is 2. The maximum atomic E-state index is 12.8. The average Bonchev–Trinajstić information content (AvgIpc) is 3.28. The van der Waals surface area contributed by atoms with Crippen molar-refractivity contribution >= 4 is 22.8 Å². The Kier molecular flexibility index (Phi) is 5.79. The van der Waals surface area contributed by atoms with Crippen LogP contribution in [0.5, 0.6) is 0 Å². The van der Waals surface area contributed by atoms with Crippen LogP contribution in [-0.4, -0.2) is 45.4 Å². The van der Waals surface area contributed by atoms with Gasteiger partial charge in [-0.15, -0.1) is 0 Å². The highest BCUT2D eigenvalue weighted by Crippen LogP contribution is 2.33. The molecule has 27 heavy (non-hydrogen) atoms. The Morgan fingerprint density at radius 2 is 2.07 bits per heavy atom. The molecule has 1 aromatic heterocycles. The Morgan fingerprint density at radius 1 is 1.33 bits per heavy atom. The van der Waals surface area contributed by atoms with E-state index in [1.165, 1.54) is 0 Å². The predicted molar refractivity (Wildman–Crippen MR) is 105 cm³/mol. The summed E-state index contributed by atoms with van der Waals surface area (Å²) in [4.78, 5) is 31.5. The summed E-state index contributed by atoms with van der Waals surface area (Å²) in [6.45, 7) is 7.32. The number of para-hydroxylation sites is 2. The maximum Gasteiger partial charge on any atom is 0.242 e. The van der Waals surface area contributed by atoms with Crippen LogP contribution >= 0.6 is 0 Å². The lowest BCUT2D eigenvalue weighted by Crippen LogP contribution is -2.47. The van der Waals surface area contributed by atoms with Crippen molar-refractivity contribution in [2.75, 3.05) is 13.1 Å². The highest BCUT2D eigenvalue weighted by Gasteiger charge is 2.33. The number of aryl methyl sites for hydroxylation is 1. The number of aromatic nitrogens is 2. The van der Waals surface area contributed by atoms with Crippen molar-refractivity contribution < 1.29 is 9.59 Å². The van der Waals surface area contributed by atoms with Gasteiger partial charge >= 0.3 is 0 Å². The Morgan fingerprint density at radius 3 is 2.78 bits per heavy atom. The molecule has 146 valence electrons. The third-order valence-corrected chi connectivity index (χ3v) is 5.31. The standard InChI is InChI=1S/C20H29N5O2/c1-4-24-15-9-6-5-8-14(15)23-19(24)16-10-7-11-25(16)17(26)12-22-20(27)18(21)13(2)3/h5-6,8-9,13,16,18H,4,7,10-12,21H2,1-3H3,(H,22,27)/t16?,18-/m0/s1. The first kappa shape index (κ1) is 19.4. The first-order chi connectivity index (χ1) is 12.9. The fraction of sp³-hybridized carbons (Fsp3) is 0.550. The number of fused-ring (bicyclic) bond motifs is 1. The maximum absolute atomic E-state index is 12.8. The zero-order valence-electron chi connectivity index (χ0n) is 16.3. The van der Waals surface area contributed by atoms with Gasteiger partial charge in [0.2, 0.25) is 11.8 Å². The Hall–Kier alpha value is -2.41. The van der Waals surface area contributed by atoms with Gasteiger partial charge in [0.05, 0.1) is 29.7 Å². The number of nitrogens with one attached hydrogen (secondary N) is 1. The molecule has 2 amide bonds. The average molecular weight is 371 g/mol. The zero-order valence-corrected chi connectivity index (χ0v) is 16.3. The van der Waals surface area contributed by atoms with E-state index in [0.29, 0.717) is 6.54 Å². The molecule has 1 aromatic carbocycles. The molecule has 3 N–H and O–H groups in total. The van der Waals surface area contributed by atoms with Crippen LogP contribution in [-0.2, 0) is 16.1 Å². The lowest BCUT2D eigenvalue weighted by molar-refractivity contribution is -0.134. The number of rotatable bonds is 6. The molecular formula is C20H29N5O2. The van der Waals surface area contributed by atoms with Gasteiger partial charge in [-0.05, 0) is 37.8 Å². The molecule has 2 atom stereocenters. The molecule has 0 saturated carbocycles. The molecule has 2 heterocycles. The van der Waals surface area contributed by atoms with Crippen LogP contribution in [0, 0.1) is 5.92 Å². The van der Waals surface area contributed by atoms with Crippen molar-refractivity contribution in [2.24, 2.45) is 11.7 Å². The minimum Gasteiger partial charge on any atom is -0.346 e. The molecule has 1 aliphatic heterocycles. The molecule has 0 aliphatic carbocycles. The number of imidazole rings is 1. The highest BCUT2D eigenvalue weighted by molar-refractivity contribution is 5.87. The molecule has 0 spiro atoms. The Labute approximate surface area is 159 Å². The van der Waals surface area contributed by atoms with E-state index in [2.05, 4.69) is 22.9 Å². The van der Waals surface area contributed by atoms with Gasteiger partial charge < -0.3 is 20.5 Å². The van der Waals surface area contributed by atoms with Crippen LogP contribution in [0.3, 0.4) is 0 Å². The lowest BCUT2D eigenvalue weighted by atomic mass is 10.1. The van der Waals surface area contributed by atoms with E-state index in [1.807, 2.05) is 36.9 Å². The number of amides is 2. The quantitative estimate of drug-likeness (QED) is 0.810. The minimum absolute atomic E-state index is 0.0257. The Bertz CT molecular complexity index is 829. The number of carbonyl (C=O) groups excluding carboxylic acids is 2. The Balaban J connectivity index is 1.76. The van der Waals surface area contributed by atoms with Crippen LogP contribution in [0.1, 0.15) is 45.5 Å². The van der Waals surface area contributed by atoms with E-state index in [4.69, 9.17) is 10.7 Å². The van der Waals surface area contributed by atoms with Crippen molar-refractivity contribution in [1.82, 2.24) is 19.8 Å². The van der Waals surface area contributed by atoms with Crippen molar-refractivity contribution in [1.29, 1.82) is 0 Å². The zero-order chi connectivity index (χ0) is 19.6. The fourth-order valence-corrected chi connectivity index (χ4v) is 3.70. The fourth-order valence-electron chi connectivity index (χ4n) is 3.70. The van der Waals surface area contributed by atoms with Crippen molar-refractivity contribution in [2.45, 2.75) is 52.2 Å². The normalized spacial score (nSPS) is 18.3. The van der Waals surface area contributed by atoms with E-state index in [-0.39, 0.29) is 30.3 Å². The number of carbonyl (C=O) groups is 2. The summed E-state index contributed by atoms with van der Waals surface area (Å²) >= 11 is 0. The van der Waals surface area contributed by atoms with Gasteiger partial charge in [-0.2, -0.15) is 0 Å². The summed E-state index contributed by atoms with van der Waals surface area (Å²) in [5, 5.41) is 2.69. The number of benzene rings is 1. The van der Waals surface area contributed by atoms with Gasteiger partial charge in [-0.25, -0.2) is 4.98 Å².